The number of aromatic nitrogens is 2. The molecule has 12 nitrogen and oxygen atoms in total. The molecular formula is C19H22N6O6. The molecule has 0 atom stereocenters. The largest absolute Gasteiger partial charge is 0.505 e. The summed E-state index contributed by atoms with van der Waals surface area (Å²) in [5.74, 6) is -1.88. The summed E-state index contributed by atoms with van der Waals surface area (Å²) < 4.78 is 0. The Hall–Kier alpha value is -3.90. The Labute approximate surface area is 177 Å². The van der Waals surface area contributed by atoms with E-state index < -0.39 is 18.2 Å². The van der Waals surface area contributed by atoms with Crippen LogP contribution in [0.2, 0.25) is 0 Å². The highest BCUT2D eigenvalue weighted by Gasteiger charge is 2.12. The molecule has 0 saturated heterocycles. The minimum Gasteiger partial charge on any atom is -0.505 e. The average Bonchev–Trinajstić information content (AvgIpc) is 2.74. The van der Waals surface area contributed by atoms with Gasteiger partial charge in [0.1, 0.15) is 17.9 Å². The number of aromatic hydroxyl groups is 2. The van der Waals surface area contributed by atoms with Crippen LogP contribution in [-0.2, 0) is 22.8 Å². The predicted molar refractivity (Wildman–Crippen MR) is 109 cm³/mol. The number of hydrogen-bond acceptors (Lipinski definition) is 10. The summed E-state index contributed by atoms with van der Waals surface area (Å²) in [6, 6.07) is 0. The molecule has 2 amide bonds. The van der Waals surface area contributed by atoms with Crippen molar-refractivity contribution in [1.29, 1.82) is 0 Å². The summed E-state index contributed by atoms with van der Waals surface area (Å²) in [6.07, 6.45) is 4.40. The van der Waals surface area contributed by atoms with Crippen LogP contribution in [0, 0.1) is 13.8 Å². The van der Waals surface area contributed by atoms with E-state index in [1.54, 1.807) is 13.8 Å². The number of hydrogen-bond donors (Lipinski definition) is 6. The molecule has 31 heavy (non-hydrogen) atoms. The van der Waals surface area contributed by atoms with Crippen LogP contribution in [0.3, 0.4) is 0 Å². The van der Waals surface area contributed by atoms with E-state index in [0.29, 0.717) is 22.5 Å². The molecule has 0 spiro atoms. The van der Waals surface area contributed by atoms with Crippen LogP contribution in [0.4, 0.5) is 0 Å². The van der Waals surface area contributed by atoms with E-state index in [2.05, 4.69) is 31.0 Å². The van der Waals surface area contributed by atoms with Crippen molar-refractivity contribution in [2.45, 2.75) is 33.5 Å². The number of aliphatic hydroxyl groups excluding tert-OH is 2. The van der Waals surface area contributed by atoms with Crippen molar-refractivity contribution in [3.63, 3.8) is 0 Å². The third kappa shape index (κ3) is 6.04. The number of carbonyl (C=O) groups is 2. The zero-order valence-electron chi connectivity index (χ0n) is 16.8. The maximum atomic E-state index is 11.8. The van der Waals surface area contributed by atoms with Gasteiger partial charge >= 0.3 is 0 Å². The molecular weight excluding hydrogens is 408 g/mol. The van der Waals surface area contributed by atoms with E-state index in [4.69, 9.17) is 0 Å². The fourth-order valence-electron chi connectivity index (χ4n) is 2.41. The Morgan fingerprint density at radius 3 is 1.61 bits per heavy atom. The van der Waals surface area contributed by atoms with Gasteiger partial charge in [0.05, 0.1) is 37.0 Å². The Bertz CT molecular complexity index is 956. The van der Waals surface area contributed by atoms with Gasteiger partial charge in [0.25, 0.3) is 0 Å². The minimum absolute atomic E-state index is 0.187. The molecule has 0 fully saturated rings. The summed E-state index contributed by atoms with van der Waals surface area (Å²) in [7, 11) is 0. The van der Waals surface area contributed by atoms with E-state index in [9.17, 15) is 30.0 Å². The normalized spacial score (nSPS) is 11.2. The Kier molecular flexibility index (Phi) is 8.11. The third-order valence-corrected chi connectivity index (χ3v) is 4.14. The molecule has 2 aromatic heterocycles. The van der Waals surface area contributed by atoms with E-state index in [1.807, 2.05) is 0 Å². The number of aryl methyl sites for hydroxylation is 2. The fraction of sp³-hybridized carbons (Fsp3) is 0.263. The summed E-state index contributed by atoms with van der Waals surface area (Å²) in [4.78, 5) is 31.5. The minimum atomic E-state index is -0.751. The SMILES string of the molecule is Cc1ncc(CO)c(/C=N/NC(=O)CC(=O)N/N=C/c2c(CO)cnc(C)c2O)c1O. The van der Waals surface area contributed by atoms with Crippen LogP contribution in [0.1, 0.15) is 40.1 Å². The number of hydrazone groups is 2. The van der Waals surface area contributed by atoms with Crippen molar-refractivity contribution in [2.75, 3.05) is 0 Å². The molecule has 0 radical (unpaired) electrons. The van der Waals surface area contributed by atoms with Crippen LogP contribution in [0.25, 0.3) is 0 Å². The standard InChI is InChI=1S/C19H22N6O6/c1-10-18(30)14(12(8-26)4-20-10)6-22-24-16(28)3-17(29)25-23-7-15-13(9-27)5-21-11(2)19(15)31/h4-7,26-27,30-31H,3,8-9H2,1-2H3,(H,24,28)(H,25,29)/b22-6+,23-7+. The van der Waals surface area contributed by atoms with Gasteiger partial charge in [-0.05, 0) is 13.8 Å². The first-order valence-corrected chi connectivity index (χ1v) is 8.98. The third-order valence-electron chi connectivity index (χ3n) is 4.14. The molecule has 0 unspecified atom stereocenters. The first-order valence-electron chi connectivity index (χ1n) is 8.98. The lowest BCUT2D eigenvalue weighted by Gasteiger charge is -2.07. The molecule has 2 rings (SSSR count). The Morgan fingerprint density at radius 1 is 0.871 bits per heavy atom. The summed E-state index contributed by atoms with van der Waals surface area (Å²) >= 11 is 0. The van der Waals surface area contributed by atoms with Crippen molar-refractivity contribution in [2.24, 2.45) is 10.2 Å². The summed E-state index contributed by atoms with van der Waals surface area (Å²) in [6.45, 7) is 2.35. The number of carbonyl (C=O) groups excluding carboxylic acids is 2. The molecule has 2 heterocycles. The van der Waals surface area contributed by atoms with Gasteiger partial charge in [0, 0.05) is 34.6 Å². The number of nitrogens with one attached hydrogen (secondary N) is 2. The molecule has 0 bridgehead atoms. The highest BCUT2D eigenvalue weighted by molar-refractivity contribution is 5.98. The molecule has 0 aliphatic rings. The topological polar surface area (TPSA) is 190 Å². The van der Waals surface area contributed by atoms with Crippen LogP contribution >= 0.6 is 0 Å². The number of aliphatic hydroxyl groups is 2. The van der Waals surface area contributed by atoms with Crippen LogP contribution in [0.15, 0.2) is 22.6 Å². The number of nitrogens with zero attached hydrogens (tertiary/aromatic N) is 4. The van der Waals surface area contributed by atoms with Crippen LogP contribution in [0.5, 0.6) is 11.5 Å². The van der Waals surface area contributed by atoms with Gasteiger partial charge in [-0.25, -0.2) is 10.9 Å². The van der Waals surface area contributed by atoms with E-state index in [0.717, 1.165) is 12.4 Å². The molecule has 0 aromatic carbocycles. The Balaban J connectivity index is 1.94. The van der Waals surface area contributed by atoms with Gasteiger partial charge in [0.15, 0.2) is 0 Å². The number of rotatable bonds is 8. The first kappa shape index (κ1) is 23.4. The summed E-state index contributed by atoms with van der Waals surface area (Å²) in [5, 5.41) is 45.9. The smallest absolute Gasteiger partial charge is 0.249 e. The quantitative estimate of drug-likeness (QED) is 0.183. The summed E-state index contributed by atoms with van der Waals surface area (Å²) in [5.41, 5.74) is 5.90. The van der Waals surface area contributed by atoms with Gasteiger partial charge in [-0.3, -0.25) is 19.6 Å². The molecule has 6 N–H and O–H groups in total. The van der Waals surface area contributed by atoms with Gasteiger partial charge in [-0.1, -0.05) is 0 Å². The van der Waals surface area contributed by atoms with Crippen molar-refractivity contribution in [3.05, 3.63) is 46.0 Å². The Morgan fingerprint density at radius 2 is 1.26 bits per heavy atom. The highest BCUT2D eigenvalue weighted by atomic mass is 16.3. The van der Waals surface area contributed by atoms with Gasteiger partial charge in [0.2, 0.25) is 11.8 Å². The second-order valence-electron chi connectivity index (χ2n) is 6.34. The lowest BCUT2D eigenvalue weighted by Crippen LogP contribution is -2.27. The highest BCUT2D eigenvalue weighted by Crippen LogP contribution is 2.22. The van der Waals surface area contributed by atoms with Crippen molar-refractivity contribution in [3.8, 4) is 11.5 Å². The predicted octanol–water partition coefficient (Wildman–Crippen LogP) is -0.520. The monoisotopic (exact) mass is 430 g/mol. The lowest BCUT2D eigenvalue weighted by molar-refractivity contribution is -0.129. The number of amides is 2. The molecule has 0 saturated carbocycles. The van der Waals surface area contributed by atoms with E-state index in [-0.39, 0.29) is 35.8 Å². The average molecular weight is 430 g/mol. The fourth-order valence-corrected chi connectivity index (χ4v) is 2.41. The van der Waals surface area contributed by atoms with E-state index in [1.165, 1.54) is 12.4 Å². The van der Waals surface area contributed by atoms with Crippen molar-refractivity contribution >= 4 is 24.2 Å². The van der Waals surface area contributed by atoms with Gasteiger partial charge < -0.3 is 20.4 Å². The molecule has 0 aliphatic carbocycles. The van der Waals surface area contributed by atoms with Crippen molar-refractivity contribution in [1.82, 2.24) is 20.8 Å². The second-order valence-corrected chi connectivity index (χ2v) is 6.34. The van der Waals surface area contributed by atoms with Crippen LogP contribution < -0.4 is 10.9 Å². The van der Waals surface area contributed by atoms with Crippen molar-refractivity contribution < 1.29 is 30.0 Å². The van der Waals surface area contributed by atoms with E-state index >= 15 is 0 Å². The molecule has 12 heteroatoms. The van der Waals surface area contributed by atoms with Gasteiger partial charge in [-0.15, -0.1) is 0 Å². The van der Waals surface area contributed by atoms with Crippen LogP contribution in [-0.4, -0.2) is 54.6 Å². The maximum Gasteiger partial charge on any atom is 0.249 e. The molecule has 0 aliphatic heterocycles. The number of pyridine rings is 2. The zero-order valence-corrected chi connectivity index (χ0v) is 16.8. The molecule has 2 aromatic rings. The lowest BCUT2D eigenvalue weighted by atomic mass is 10.1. The zero-order chi connectivity index (χ0) is 23.0. The maximum absolute atomic E-state index is 11.8. The molecule has 164 valence electrons. The second kappa shape index (κ2) is 10.8. The van der Waals surface area contributed by atoms with Gasteiger partial charge in [-0.2, -0.15) is 10.2 Å². The first-order chi connectivity index (χ1) is 14.8.